The average molecular weight is 268 g/mol. The van der Waals surface area contributed by atoms with Crippen LogP contribution in [0.3, 0.4) is 0 Å². The molecule has 1 aliphatic rings. The van der Waals surface area contributed by atoms with Crippen molar-refractivity contribution in [3.05, 3.63) is 0 Å². The number of ether oxygens (including phenoxy) is 1. The fourth-order valence-electron chi connectivity index (χ4n) is 2.29. The summed E-state index contributed by atoms with van der Waals surface area (Å²) in [5, 5.41) is 1.69. The summed E-state index contributed by atoms with van der Waals surface area (Å²) in [4.78, 5) is 0. The van der Waals surface area contributed by atoms with E-state index in [1.54, 1.807) is 32.9 Å². The first kappa shape index (κ1) is 15.7. The molecule has 0 unspecified atom stereocenters. The second-order valence-electron chi connectivity index (χ2n) is 5.91. The highest BCUT2D eigenvalue weighted by molar-refractivity contribution is 4.88. The Morgan fingerprint density at radius 2 is 1.94 bits per heavy atom. The number of hydrazine groups is 1. The van der Waals surface area contributed by atoms with E-state index in [2.05, 4.69) is 5.43 Å². The summed E-state index contributed by atoms with van der Waals surface area (Å²) in [6.07, 6.45) is -2.48. The lowest BCUT2D eigenvalue weighted by molar-refractivity contribution is -0.192. The monoisotopic (exact) mass is 268 g/mol. The summed E-state index contributed by atoms with van der Waals surface area (Å²) in [6.45, 7) is 5.89. The zero-order valence-corrected chi connectivity index (χ0v) is 11.5. The molecule has 6 heteroatoms. The molecule has 0 amide bonds. The number of alkyl halides is 3. The van der Waals surface area contributed by atoms with Gasteiger partial charge in [-0.2, -0.15) is 13.2 Å². The predicted molar refractivity (Wildman–Crippen MR) is 64.0 cm³/mol. The Balaban J connectivity index is 2.72. The third kappa shape index (κ3) is 4.10. The summed E-state index contributed by atoms with van der Waals surface area (Å²) >= 11 is 0. The largest absolute Gasteiger partial charge is 0.405 e. The maximum atomic E-state index is 13.1. The standard InChI is InChI=1S/C12H23F3N2O/c1-11(2,3)10(12(13,14)15)16-17-7-5-6-9(17)8-18-4/h9-10,16H,5-8H2,1-4H3/t9-,10+/m0/s1. The van der Waals surface area contributed by atoms with Crippen molar-refractivity contribution in [3.8, 4) is 0 Å². The highest BCUT2D eigenvalue weighted by atomic mass is 19.4. The van der Waals surface area contributed by atoms with Crippen LogP contribution in [0, 0.1) is 5.41 Å². The van der Waals surface area contributed by atoms with Crippen LogP contribution in [0.15, 0.2) is 0 Å². The number of nitrogens with zero attached hydrogens (tertiary/aromatic N) is 1. The van der Waals surface area contributed by atoms with Gasteiger partial charge < -0.3 is 4.74 Å². The van der Waals surface area contributed by atoms with Gasteiger partial charge in [-0.15, -0.1) is 0 Å². The fraction of sp³-hybridized carbons (Fsp3) is 1.00. The van der Waals surface area contributed by atoms with E-state index in [9.17, 15) is 13.2 Å². The van der Waals surface area contributed by atoms with Gasteiger partial charge in [0.25, 0.3) is 0 Å². The number of hydrogen-bond acceptors (Lipinski definition) is 3. The van der Waals surface area contributed by atoms with Crippen LogP contribution in [-0.2, 0) is 4.74 Å². The van der Waals surface area contributed by atoms with Gasteiger partial charge >= 0.3 is 6.18 Å². The Morgan fingerprint density at radius 3 is 2.39 bits per heavy atom. The lowest BCUT2D eigenvalue weighted by Gasteiger charge is -2.38. The van der Waals surface area contributed by atoms with Crippen LogP contribution in [0.2, 0.25) is 0 Å². The normalized spacial score (nSPS) is 24.5. The number of hydrogen-bond donors (Lipinski definition) is 1. The van der Waals surface area contributed by atoms with E-state index in [1.807, 2.05) is 0 Å². The van der Waals surface area contributed by atoms with Crippen molar-refractivity contribution < 1.29 is 17.9 Å². The molecule has 3 nitrogen and oxygen atoms in total. The van der Waals surface area contributed by atoms with Gasteiger partial charge in [-0.25, -0.2) is 10.4 Å². The van der Waals surface area contributed by atoms with Gasteiger partial charge in [0.2, 0.25) is 0 Å². The first-order chi connectivity index (χ1) is 8.16. The number of nitrogens with one attached hydrogen (secondary N) is 1. The summed E-state index contributed by atoms with van der Waals surface area (Å²) in [5.41, 5.74) is 1.78. The first-order valence-corrected chi connectivity index (χ1v) is 6.24. The zero-order valence-electron chi connectivity index (χ0n) is 11.5. The number of halogens is 3. The van der Waals surface area contributed by atoms with Gasteiger partial charge in [0, 0.05) is 19.7 Å². The smallest absolute Gasteiger partial charge is 0.383 e. The molecular weight excluding hydrogens is 245 g/mol. The molecule has 1 saturated heterocycles. The molecule has 108 valence electrons. The molecule has 0 aromatic rings. The van der Waals surface area contributed by atoms with Gasteiger partial charge in [-0.05, 0) is 18.3 Å². The van der Waals surface area contributed by atoms with Crippen molar-refractivity contribution in [2.75, 3.05) is 20.3 Å². The molecule has 1 fully saturated rings. The molecule has 1 aliphatic heterocycles. The maximum Gasteiger partial charge on any atom is 0.405 e. The average Bonchev–Trinajstić information content (AvgIpc) is 2.59. The molecular formula is C12H23F3N2O. The minimum absolute atomic E-state index is 0.0298. The number of methoxy groups -OCH3 is 1. The molecule has 0 saturated carbocycles. The van der Waals surface area contributed by atoms with Crippen LogP contribution < -0.4 is 5.43 Å². The lowest BCUT2D eigenvalue weighted by Crippen LogP contribution is -2.58. The SMILES string of the molecule is COC[C@@H]1CCCN1N[C@H](C(C)(C)C)C(F)(F)F. The van der Waals surface area contributed by atoms with Gasteiger partial charge in [0.1, 0.15) is 6.04 Å². The lowest BCUT2D eigenvalue weighted by atomic mass is 9.87. The molecule has 0 spiro atoms. The molecule has 0 radical (unpaired) electrons. The molecule has 2 atom stereocenters. The van der Waals surface area contributed by atoms with Crippen molar-refractivity contribution in [1.82, 2.24) is 10.4 Å². The van der Waals surface area contributed by atoms with E-state index in [4.69, 9.17) is 4.74 Å². The Hall–Kier alpha value is -0.330. The van der Waals surface area contributed by atoms with Crippen LogP contribution in [0.5, 0.6) is 0 Å². The van der Waals surface area contributed by atoms with Crippen molar-refractivity contribution >= 4 is 0 Å². The second-order valence-corrected chi connectivity index (χ2v) is 5.91. The van der Waals surface area contributed by atoms with Crippen LogP contribution in [-0.4, -0.2) is 43.5 Å². The van der Waals surface area contributed by atoms with Gasteiger partial charge in [-0.1, -0.05) is 20.8 Å². The molecule has 1 rings (SSSR count). The Kier molecular flexibility index (Phi) is 5.03. The second kappa shape index (κ2) is 5.75. The molecule has 1 heterocycles. The molecule has 0 aromatic carbocycles. The molecule has 18 heavy (non-hydrogen) atoms. The minimum atomic E-state index is -4.25. The molecule has 0 aromatic heterocycles. The van der Waals surface area contributed by atoms with Crippen molar-refractivity contribution in [3.63, 3.8) is 0 Å². The summed E-state index contributed by atoms with van der Waals surface area (Å²) in [7, 11) is 1.57. The van der Waals surface area contributed by atoms with Crippen LogP contribution in [0.4, 0.5) is 13.2 Å². The van der Waals surface area contributed by atoms with Crippen molar-refractivity contribution in [2.24, 2.45) is 5.41 Å². The van der Waals surface area contributed by atoms with Gasteiger partial charge in [0.05, 0.1) is 6.61 Å². The van der Waals surface area contributed by atoms with Crippen LogP contribution >= 0.6 is 0 Å². The van der Waals surface area contributed by atoms with Crippen molar-refractivity contribution in [1.29, 1.82) is 0 Å². The number of rotatable bonds is 4. The topological polar surface area (TPSA) is 24.5 Å². The van der Waals surface area contributed by atoms with E-state index in [1.165, 1.54) is 0 Å². The Bertz CT molecular complexity index is 249. The highest BCUT2D eigenvalue weighted by Crippen LogP contribution is 2.34. The van der Waals surface area contributed by atoms with E-state index in [-0.39, 0.29) is 6.04 Å². The third-order valence-corrected chi connectivity index (χ3v) is 3.22. The van der Waals surface area contributed by atoms with Gasteiger partial charge in [0.15, 0.2) is 0 Å². The van der Waals surface area contributed by atoms with E-state index in [0.717, 1.165) is 12.8 Å². The highest BCUT2D eigenvalue weighted by Gasteiger charge is 2.48. The van der Waals surface area contributed by atoms with Crippen molar-refractivity contribution in [2.45, 2.75) is 51.9 Å². The first-order valence-electron chi connectivity index (χ1n) is 6.24. The van der Waals surface area contributed by atoms with E-state index < -0.39 is 17.6 Å². The summed E-state index contributed by atoms with van der Waals surface area (Å²) in [6, 6.07) is -1.51. The third-order valence-electron chi connectivity index (χ3n) is 3.22. The quantitative estimate of drug-likeness (QED) is 0.848. The Morgan fingerprint density at radius 1 is 1.33 bits per heavy atom. The van der Waals surface area contributed by atoms with E-state index in [0.29, 0.717) is 13.2 Å². The fourth-order valence-corrected chi connectivity index (χ4v) is 2.29. The predicted octanol–water partition coefficient (Wildman–Crippen LogP) is 2.58. The molecule has 1 N–H and O–H groups in total. The molecule has 0 aliphatic carbocycles. The summed E-state index contributed by atoms with van der Waals surface area (Å²) in [5.74, 6) is 0. The Labute approximate surface area is 107 Å². The minimum Gasteiger partial charge on any atom is -0.383 e. The maximum absolute atomic E-state index is 13.1. The summed E-state index contributed by atoms with van der Waals surface area (Å²) < 4.78 is 44.2. The molecule has 0 bridgehead atoms. The van der Waals surface area contributed by atoms with Crippen LogP contribution in [0.25, 0.3) is 0 Å². The van der Waals surface area contributed by atoms with Gasteiger partial charge in [-0.3, -0.25) is 0 Å². The van der Waals surface area contributed by atoms with Crippen LogP contribution in [0.1, 0.15) is 33.6 Å². The zero-order chi connectivity index (χ0) is 14.0. The van der Waals surface area contributed by atoms with E-state index >= 15 is 0 Å².